The predicted molar refractivity (Wildman–Crippen MR) is 119 cm³/mol. The van der Waals surface area contributed by atoms with Crippen LogP contribution < -0.4 is 10.2 Å². The molecule has 4 rings (SSSR count). The largest absolute Gasteiger partial charge is 0.374 e. The van der Waals surface area contributed by atoms with Gasteiger partial charge in [0.05, 0.1) is 0 Å². The maximum atomic E-state index is 12.6. The number of fused-ring (bicyclic) bond motifs is 1. The van der Waals surface area contributed by atoms with Crippen LogP contribution in [0.4, 0.5) is 5.69 Å². The lowest BCUT2D eigenvalue weighted by Gasteiger charge is -2.32. The van der Waals surface area contributed by atoms with Crippen molar-refractivity contribution in [3.63, 3.8) is 0 Å². The highest BCUT2D eigenvalue weighted by Gasteiger charge is 2.20. The van der Waals surface area contributed by atoms with E-state index in [0.717, 1.165) is 63.5 Å². The van der Waals surface area contributed by atoms with Gasteiger partial charge >= 0.3 is 0 Å². The monoisotopic (exact) mass is 391 g/mol. The van der Waals surface area contributed by atoms with Gasteiger partial charge in [-0.05, 0) is 80.4 Å². The minimum atomic E-state index is 0.0718. The minimum absolute atomic E-state index is 0.0718. The Balaban J connectivity index is 1.19. The molecular formula is C25H33N3O. The van der Waals surface area contributed by atoms with Gasteiger partial charge in [-0.15, -0.1) is 0 Å². The highest BCUT2D eigenvalue weighted by Crippen LogP contribution is 2.27. The maximum Gasteiger partial charge on any atom is 0.251 e. The van der Waals surface area contributed by atoms with Gasteiger partial charge in [0.1, 0.15) is 0 Å². The average molecular weight is 392 g/mol. The standard InChI is InChI=1S/C25H33N3O/c1-27-15-5-8-22-18-23(9-10-24(22)27)25(29)26-14-11-20-12-16-28(17-13-20)19-21-6-3-2-4-7-21/h2-4,6-7,9-10,18,20H,5,8,11-17,19H2,1H3,(H,26,29). The first-order chi connectivity index (χ1) is 14.2. The second-order valence-electron chi connectivity index (χ2n) is 8.62. The van der Waals surface area contributed by atoms with Crippen LogP contribution in [0.15, 0.2) is 48.5 Å². The number of benzene rings is 2. The van der Waals surface area contributed by atoms with E-state index in [9.17, 15) is 4.79 Å². The van der Waals surface area contributed by atoms with Crippen molar-refractivity contribution in [2.45, 2.75) is 38.6 Å². The van der Waals surface area contributed by atoms with Gasteiger partial charge in [-0.2, -0.15) is 0 Å². The molecule has 4 nitrogen and oxygen atoms in total. The number of amides is 1. The summed E-state index contributed by atoms with van der Waals surface area (Å²) in [4.78, 5) is 17.4. The molecule has 1 N–H and O–H groups in total. The molecule has 29 heavy (non-hydrogen) atoms. The van der Waals surface area contributed by atoms with Crippen LogP contribution in [0, 0.1) is 5.92 Å². The lowest BCUT2D eigenvalue weighted by molar-refractivity contribution is 0.0947. The summed E-state index contributed by atoms with van der Waals surface area (Å²) < 4.78 is 0. The van der Waals surface area contributed by atoms with Crippen LogP contribution >= 0.6 is 0 Å². The molecule has 2 aliphatic heterocycles. The topological polar surface area (TPSA) is 35.6 Å². The maximum absolute atomic E-state index is 12.6. The van der Waals surface area contributed by atoms with Crippen molar-refractivity contribution >= 4 is 11.6 Å². The zero-order chi connectivity index (χ0) is 20.1. The average Bonchev–Trinajstić information content (AvgIpc) is 2.75. The van der Waals surface area contributed by atoms with Crippen molar-refractivity contribution in [2.24, 2.45) is 5.92 Å². The van der Waals surface area contributed by atoms with Crippen LogP contribution in [0.2, 0.25) is 0 Å². The molecule has 0 unspecified atom stereocenters. The van der Waals surface area contributed by atoms with Crippen LogP contribution in [-0.2, 0) is 13.0 Å². The third kappa shape index (κ3) is 5.18. The zero-order valence-corrected chi connectivity index (χ0v) is 17.6. The van der Waals surface area contributed by atoms with E-state index in [0.29, 0.717) is 0 Å². The zero-order valence-electron chi connectivity index (χ0n) is 17.6. The van der Waals surface area contributed by atoms with Crippen LogP contribution in [0.3, 0.4) is 0 Å². The van der Waals surface area contributed by atoms with Crippen molar-refractivity contribution in [1.82, 2.24) is 10.2 Å². The number of rotatable bonds is 6. The van der Waals surface area contributed by atoms with Gasteiger partial charge in [0.2, 0.25) is 0 Å². The molecule has 2 aromatic rings. The number of aryl methyl sites for hydroxylation is 1. The molecule has 4 heteroatoms. The number of carbonyl (C=O) groups is 1. The van der Waals surface area contributed by atoms with E-state index < -0.39 is 0 Å². The number of anilines is 1. The molecule has 0 spiro atoms. The van der Waals surface area contributed by atoms with E-state index in [1.807, 2.05) is 6.07 Å². The van der Waals surface area contributed by atoms with Crippen molar-refractivity contribution in [3.8, 4) is 0 Å². The molecule has 2 aliphatic rings. The van der Waals surface area contributed by atoms with Crippen molar-refractivity contribution < 1.29 is 4.79 Å². The van der Waals surface area contributed by atoms with Crippen molar-refractivity contribution in [3.05, 3.63) is 65.2 Å². The summed E-state index contributed by atoms with van der Waals surface area (Å²) in [5.41, 5.74) is 4.78. The Kier molecular flexibility index (Phi) is 6.50. The Hall–Kier alpha value is -2.33. The summed E-state index contributed by atoms with van der Waals surface area (Å²) in [6, 6.07) is 16.9. The molecule has 0 saturated carbocycles. The van der Waals surface area contributed by atoms with E-state index in [-0.39, 0.29) is 5.91 Å². The first-order valence-corrected chi connectivity index (χ1v) is 11.1. The molecule has 2 aromatic carbocycles. The molecule has 2 heterocycles. The summed E-state index contributed by atoms with van der Waals surface area (Å²) in [5.74, 6) is 0.794. The lowest BCUT2D eigenvalue weighted by atomic mass is 9.93. The minimum Gasteiger partial charge on any atom is -0.374 e. The molecule has 0 bridgehead atoms. The van der Waals surface area contributed by atoms with Gasteiger partial charge < -0.3 is 10.2 Å². The highest BCUT2D eigenvalue weighted by molar-refractivity contribution is 5.95. The fraction of sp³-hybridized carbons (Fsp3) is 0.480. The summed E-state index contributed by atoms with van der Waals surface area (Å²) in [7, 11) is 2.13. The number of carbonyl (C=O) groups excluding carboxylic acids is 1. The smallest absolute Gasteiger partial charge is 0.251 e. The summed E-state index contributed by atoms with van der Waals surface area (Å²) in [6.07, 6.45) is 5.78. The fourth-order valence-electron chi connectivity index (χ4n) is 4.69. The Morgan fingerprint density at radius 2 is 1.86 bits per heavy atom. The SMILES string of the molecule is CN1CCCc2cc(C(=O)NCCC3CCN(Cc4ccccc4)CC3)ccc21. The van der Waals surface area contributed by atoms with Gasteiger partial charge in [0.15, 0.2) is 0 Å². The molecule has 0 aromatic heterocycles. The van der Waals surface area contributed by atoms with Crippen LogP contribution in [0.5, 0.6) is 0 Å². The van der Waals surface area contributed by atoms with E-state index in [4.69, 9.17) is 0 Å². The molecule has 1 saturated heterocycles. The molecular weight excluding hydrogens is 358 g/mol. The van der Waals surface area contributed by atoms with Crippen LogP contribution in [0.1, 0.15) is 47.2 Å². The lowest BCUT2D eigenvalue weighted by Crippen LogP contribution is -2.35. The predicted octanol–water partition coefficient (Wildman–Crippen LogP) is 4.10. The Bertz CT molecular complexity index is 812. The fourth-order valence-corrected chi connectivity index (χ4v) is 4.69. The Morgan fingerprint density at radius 1 is 1.07 bits per heavy atom. The summed E-state index contributed by atoms with van der Waals surface area (Å²) in [5, 5.41) is 3.15. The normalized spacial score (nSPS) is 17.8. The molecule has 0 aliphatic carbocycles. The van der Waals surface area contributed by atoms with Gasteiger partial charge in [-0.1, -0.05) is 30.3 Å². The summed E-state index contributed by atoms with van der Waals surface area (Å²) in [6.45, 7) is 5.25. The van der Waals surface area contributed by atoms with Crippen LogP contribution in [0.25, 0.3) is 0 Å². The molecule has 1 fully saturated rings. The van der Waals surface area contributed by atoms with Gasteiger partial charge in [-0.25, -0.2) is 0 Å². The van der Waals surface area contributed by atoms with E-state index >= 15 is 0 Å². The number of nitrogens with one attached hydrogen (secondary N) is 1. The Morgan fingerprint density at radius 3 is 2.66 bits per heavy atom. The number of hydrogen-bond donors (Lipinski definition) is 1. The van der Waals surface area contributed by atoms with E-state index in [2.05, 4.69) is 64.6 Å². The quantitative estimate of drug-likeness (QED) is 0.805. The molecule has 1 amide bonds. The second kappa shape index (κ2) is 9.45. The molecule has 0 radical (unpaired) electrons. The second-order valence-corrected chi connectivity index (χ2v) is 8.62. The van der Waals surface area contributed by atoms with Gasteiger partial charge in [0, 0.05) is 37.9 Å². The Labute approximate surface area is 174 Å². The van der Waals surface area contributed by atoms with Crippen molar-refractivity contribution in [1.29, 1.82) is 0 Å². The van der Waals surface area contributed by atoms with Crippen molar-refractivity contribution in [2.75, 3.05) is 38.1 Å². The number of hydrogen-bond acceptors (Lipinski definition) is 3. The molecule has 154 valence electrons. The van der Waals surface area contributed by atoms with Crippen LogP contribution in [-0.4, -0.2) is 44.0 Å². The van der Waals surface area contributed by atoms with Gasteiger partial charge in [0.25, 0.3) is 5.91 Å². The number of nitrogens with zero attached hydrogens (tertiary/aromatic N) is 2. The van der Waals surface area contributed by atoms with Gasteiger partial charge in [-0.3, -0.25) is 9.69 Å². The summed E-state index contributed by atoms with van der Waals surface area (Å²) >= 11 is 0. The van der Waals surface area contributed by atoms with E-state index in [1.165, 1.54) is 29.7 Å². The number of likely N-dealkylation sites (tertiary alicyclic amines) is 1. The number of piperidine rings is 1. The third-order valence-corrected chi connectivity index (χ3v) is 6.49. The van der Waals surface area contributed by atoms with E-state index in [1.54, 1.807) is 0 Å². The third-order valence-electron chi connectivity index (χ3n) is 6.49. The first-order valence-electron chi connectivity index (χ1n) is 11.1. The molecule has 0 atom stereocenters. The first kappa shape index (κ1) is 20.0. The highest BCUT2D eigenvalue weighted by atomic mass is 16.1.